The predicted molar refractivity (Wildman–Crippen MR) is 80.1 cm³/mol. The van der Waals surface area contributed by atoms with E-state index in [4.69, 9.17) is 11.6 Å². The first-order valence-electron chi connectivity index (χ1n) is 6.62. The largest absolute Gasteiger partial charge is 0.391 e. The van der Waals surface area contributed by atoms with Crippen molar-refractivity contribution in [3.8, 4) is 0 Å². The molecule has 5 nitrogen and oxygen atoms in total. The van der Waals surface area contributed by atoms with Crippen molar-refractivity contribution in [2.24, 2.45) is 0 Å². The van der Waals surface area contributed by atoms with Crippen molar-refractivity contribution in [3.63, 3.8) is 0 Å². The van der Waals surface area contributed by atoms with Crippen LogP contribution in [0.4, 0.5) is 10.5 Å². The number of aliphatic hydroxyl groups excluding tert-OH is 1. The Morgan fingerprint density at radius 1 is 1.50 bits per heavy atom. The third kappa shape index (κ3) is 3.62. The van der Waals surface area contributed by atoms with Gasteiger partial charge in [0, 0.05) is 19.1 Å². The fourth-order valence-corrected chi connectivity index (χ4v) is 2.67. The molecule has 1 aromatic carbocycles. The van der Waals surface area contributed by atoms with E-state index in [2.05, 4.69) is 5.32 Å². The minimum Gasteiger partial charge on any atom is -0.391 e. The van der Waals surface area contributed by atoms with E-state index in [1.54, 1.807) is 17.0 Å². The number of rotatable bonds is 3. The number of carbonyl (C=O) groups excluding carboxylic acids is 1. The Hall–Kier alpha value is -1.30. The molecule has 2 rings (SSSR count). The summed E-state index contributed by atoms with van der Waals surface area (Å²) < 4.78 is 0. The van der Waals surface area contributed by atoms with Crippen LogP contribution in [0.5, 0.6) is 0 Å². The van der Waals surface area contributed by atoms with Gasteiger partial charge in [0.05, 0.1) is 16.8 Å². The van der Waals surface area contributed by atoms with Crippen molar-refractivity contribution in [3.05, 3.63) is 29.3 Å². The van der Waals surface area contributed by atoms with Crippen LogP contribution >= 0.6 is 11.6 Å². The monoisotopic (exact) mass is 297 g/mol. The Morgan fingerprint density at radius 3 is 2.85 bits per heavy atom. The zero-order chi connectivity index (χ0) is 14.7. The standard InChI is InChI=1S/C14H20ClN3O2/c1-17(2)8-10-7-11(19)9-18(10)14(20)16-13-6-4-3-5-12(13)15/h3-6,10-11,19H,7-9H2,1-2H3,(H,16,20). The van der Waals surface area contributed by atoms with Crippen LogP contribution in [-0.4, -0.2) is 60.3 Å². The van der Waals surface area contributed by atoms with Crippen LogP contribution in [0.3, 0.4) is 0 Å². The number of nitrogens with zero attached hydrogens (tertiary/aromatic N) is 2. The van der Waals surface area contributed by atoms with Crippen molar-refractivity contribution in [1.29, 1.82) is 0 Å². The summed E-state index contributed by atoms with van der Waals surface area (Å²) in [4.78, 5) is 16.0. The molecule has 1 aromatic rings. The van der Waals surface area contributed by atoms with Gasteiger partial charge < -0.3 is 20.2 Å². The zero-order valence-electron chi connectivity index (χ0n) is 11.7. The van der Waals surface area contributed by atoms with E-state index in [9.17, 15) is 9.90 Å². The third-order valence-corrected chi connectivity index (χ3v) is 3.67. The SMILES string of the molecule is CN(C)CC1CC(O)CN1C(=O)Nc1ccccc1Cl. The number of halogens is 1. The number of amides is 2. The van der Waals surface area contributed by atoms with Crippen LogP contribution in [0, 0.1) is 0 Å². The van der Waals surface area contributed by atoms with Crippen molar-refractivity contribution in [2.45, 2.75) is 18.6 Å². The summed E-state index contributed by atoms with van der Waals surface area (Å²) in [6.07, 6.45) is 0.144. The second-order valence-corrected chi connectivity index (χ2v) is 5.78. The summed E-state index contributed by atoms with van der Waals surface area (Å²) in [7, 11) is 3.91. The number of aliphatic hydroxyl groups is 1. The van der Waals surface area contributed by atoms with E-state index in [0.717, 1.165) is 6.54 Å². The van der Waals surface area contributed by atoms with Gasteiger partial charge in [-0.25, -0.2) is 4.79 Å². The Kier molecular flexibility index (Phi) is 4.86. The number of hydrogen-bond acceptors (Lipinski definition) is 3. The molecule has 0 spiro atoms. The Balaban J connectivity index is 2.05. The fourth-order valence-electron chi connectivity index (χ4n) is 2.48. The molecule has 2 unspecified atom stereocenters. The summed E-state index contributed by atoms with van der Waals surface area (Å²) in [5.74, 6) is 0. The number of hydrogen-bond donors (Lipinski definition) is 2. The molecule has 1 aliphatic rings. The smallest absolute Gasteiger partial charge is 0.322 e. The topological polar surface area (TPSA) is 55.8 Å². The maximum Gasteiger partial charge on any atom is 0.322 e. The average molecular weight is 298 g/mol. The number of likely N-dealkylation sites (N-methyl/N-ethyl adjacent to an activating group) is 1. The lowest BCUT2D eigenvalue weighted by Crippen LogP contribution is -2.43. The van der Waals surface area contributed by atoms with Gasteiger partial charge in [-0.3, -0.25) is 0 Å². The van der Waals surface area contributed by atoms with Crippen molar-refractivity contribution < 1.29 is 9.90 Å². The van der Waals surface area contributed by atoms with Crippen molar-refractivity contribution >= 4 is 23.3 Å². The first-order chi connectivity index (χ1) is 9.47. The van der Waals surface area contributed by atoms with E-state index in [1.807, 2.05) is 31.1 Å². The molecule has 0 aromatic heterocycles. The lowest BCUT2D eigenvalue weighted by molar-refractivity contribution is 0.174. The minimum absolute atomic E-state index is 0.0162. The van der Waals surface area contributed by atoms with E-state index in [0.29, 0.717) is 23.7 Å². The number of β-amino-alcohol motifs (C(OH)–C–C–N with tert-alkyl or cyclic N) is 1. The van der Waals surface area contributed by atoms with Crippen molar-refractivity contribution in [1.82, 2.24) is 9.80 Å². The molecule has 0 radical (unpaired) electrons. The van der Waals surface area contributed by atoms with Crippen LogP contribution in [0.15, 0.2) is 24.3 Å². The highest BCUT2D eigenvalue weighted by atomic mass is 35.5. The Morgan fingerprint density at radius 2 is 2.20 bits per heavy atom. The van der Waals surface area contributed by atoms with Crippen LogP contribution < -0.4 is 5.32 Å². The second-order valence-electron chi connectivity index (χ2n) is 5.37. The van der Waals surface area contributed by atoms with Gasteiger partial charge in [-0.2, -0.15) is 0 Å². The molecule has 1 saturated heterocycles. The molecule has 2 N–H and O–H groups in total. The van der Waals surface area contributed by atoms with E-state index in [1.165, 1.54) is 0 Å². The number of urea groups is 1. The van der Waals surface area contributed by atoms with Crippen LogP contribution in [0.1, 0.15) is 6.42 Å². The fraction of sp³-hybridized carbons (Fsp3) is 0.500. The normalized spacial score (nSPS) is 22.4. The van der Waals surface area contributed by atoms with E-state index >= 15 is 0 Å². The quantitative estimate of drug-likeness (QED) is 0.895. The third-order valence-electron chi connectivity index (χ3n) is 3.34. The summed E-state index contributed by atoms with van der Waals surface area (Å²) in [5, 5.41) is 13.1. The highest BCUT2D eigenvalue weighted by molar-refractivity contribution is 6.33. The van der Waals surface area contributed by atoms with Crippen LogP contribution in [-0.2, 0) is 0 Å². The van der Waals surface area contributed by atoms with Gasteiger partial charge in [0.15, 0.2) is 0 Å². The van der Waals surface area contributed by atoms with Gasteiger partial charge in [0.1, 0.15) is 0 Å². The van der Waals surface area contributed by atoms with Gasteiger partial charge in [-0.15, -0.1) is 0 Å². The lowest BCUT2D eigenvalue weighted by Gasteiger charge is -2.27. The lowest BCUT2D eigenvalue weighted by atomic mass is 10.2. The first kappa shape index (κ1) is 15.1. The average Bonchev–Trinajstić information content (AvgIpc) is 2.72. The molecule has 6 heteroatoms. The van der Waals surface area contributed by atoms with Gasteiger partial charge in [-0.05, 0) is 32.6 Å². The second kappa shape index (κ2) is 6.43. The number of benzene rings is 1. The summed E-state index contributed by atoms with van der Waals surface area (Å²) in [5.41, 5.74) is 0.587. The molecule has 1 fully saturated rings. The van der Waals surface area contributed by atoms with Gasteiger partial charge in [-0.1, -0.05) is 23.7 Å². The molecule has 20 heavy (non-hydrogen) atoms. The highest BCUT2D eigenvalue weighted by Gasteiger charge is 2.34. The minimum atomic E-state index is -0.461. The van der Waals surface area contributed by atoms with Crippen LogP contribution in [0.25, 0.3) is 0 Å². The number of para-hydroxylation sites is 1. The van der Waals surface area contributed by atoms with Crippen LogP contribution in [0.2, 0.25) is 5.02 Å². The molecule has 0 aliphatic carbocycles. The number of anilines is 1. The molecule has 110 valence electrons. The van der Waals surface area contributed by atoms with E-state index < -0.39 is 6.10 Å². The molecule has 1 aliphatic heterocycles. The molecular formula is C14H20ClN3O2. The maximum absolute atomic E-state index is 12.3. The molecule has 1 heterocycles. The van der Waals surface area contributed by atoms with Gasteiger partial charge in [0.25, 0.3) is 0 Å². The number of nitrogens with one attached hydrogen (secondary N) is 1. The molecule has 2 atom stereocenters. The number of carbonyl (C=O) groups is 1. The Bertz CT molecular complexity index is 481. The predicted octanol–water partition coefficient (Wildman–Crippen LogP) is 1.87. The van der Waals surface area contributed by atoms with Crippen molar-refractivity contribution in [2.75, 3.05) is 32.5 Å². The molecule has 0 saturated carbocycles. The zero-order valence-corrected chi connectivity index (χ0v) is 12.5. The Labute approximate surface area is 124 Å². The molecular weight excluding hydrogens is 278 g/mol. The maximum atomic E-state index is 12.3. The summed E-state index contributed by atoms with van der Waals surface area (Å²) in [6, 6.07) is 6.91. The highest BCUT2D eigenvalue weighted by Crippen LogP contribution is 2.23. The molecule has 0 bridgehead atoms. The molecule has 2 amide bonds. The summed E-state index contributed by atoms with van der Waals surface area (Å²) in [6.45, 7) is 1.09. The van der Waals surface area contributed by atoms with Gasteiger partial charge in [0.2, 0.25) is 0 Å². The first-order valence-corrected chi connectivity index (χ1v) is 7.00. The summed E-state index contributed by atoms with van der Waals surface area (Å²) >= 11 is 6.03. The van der Waals surface area contributed by atoms with Gasteiger partial charge >= 0.3 is 6.03 Å². The number of likely N-dealkylation sites (tertiary alicyclic amines) is 1. The van der Waals surface area contributed by atoms with E-state index in [-0.39, 0.29) is 12.1 Å².